The number of carbonyl (C=O) groups excluding carboxylic acids is 4. The van der Waals surface area contributed by atoms with E-state index in [0.717, 1.165) is 59.4 Å². The van der Waals surface area contributed by atoms with Crippen molar-refractivity contribution < 1.29 is 19.2 Å². The van der Waals surface area contributed by atoms with Crippen LogP contribution in [0.5, 0.6) is 0 Å². The van der Waals surface area contributed by atoms with Crippen LogP contribution in [0.1, 0.15) is 68.3 Å². The highest BCUT2D eigenvalue weighted by Crippen LogP contribution is 2.44. The summed E-state index contributed by atoms with van der Waals surface area (Å²) >= 11 is 2.79. The topological polar surface area (TPSA) is 127 Å². The Morgan fingerprint density at radius 2 is 1.15 bits per heavy atom. The molecule has 0 aromatic carbocycles. The largest absolute Gasteiger partial charge is 0.365 e. The molecule has 3 aliphatic rings. The van der Waals surface area contributed by atoms with E-state index >= 15 is 0 Å². The second-order valence-corrected chi connectivity index (χ2v) is 11.9. The molecule has 3 heterocycles. The standard InChI is InChI=1S/C24H28N4O4S2/c1-11-3-5-13-15(7-11)33-23(19(13)21(25)31)27-9-18(30)28(10-17(27)29)24-20(22(26)32)14-6-4-12(2)8-16(14)34-24/h11-12H,3-10H2,1-2H3,(H2,25,31)(H2,26,32)/t11-,12-/m0/s1. The Balaban J connectivity index is 1.49. The molecular weight excluding hydrogens is 472 g/mol. The summed E-state index contributed by atoms with van der Waals surface area (Å²) in [5.41, 5.74) is 14.0. The lowest BCUT2D eigenvalue weighted by atomic mass is 9.88. The van der Waals surface area contributed by atoms with Crippen LogP contribution >= 0.6 is 22.7 Å². The number of nitrogens with two attached hydrogens (primary N) is 2. The average molecular weight is 501 g/mol. The third-order valence-corrected chi connectivity index (χ3v) is 9.71. The van der Waals surface area contributed by atoms with Gasteiger partial charge in [0.2, 0.25) is 11.8 Å². The van der Waals surface area contributed by atoms with Gasteiger partial charge in [-0.25, -0.2) is 0 Å². The zero-order valence-electron chi connectivity index (χ0n) is 19.3. The maximum Gasteiger partial charge on any atom is 0.252 e. The molecule has 2 atom stereocenters. The van der Waals surface area contributed by atoms with Gasteiger partial charge in [0, 0.05) is 9.75 Å². The molecule has 34 heavy (non-hydrogen) atoms. The number of fused-ring (bicyclic) bond motifs is 2. The number of rotatable bonds is 4. The molecule has 0 spiro atoms. The number of hydrogen-bond acceptors (Lipinski definition) is 6. The summed E-state index contributed by atoms with van der Waals surface area (Å²) < 4.78 is 0. The average Bonchev–Trinajstić information content (AvgIpc) is 3.32. The van der Waals surface area contributed by atoms with Gasteiger partial charge < -0.3 is 11.5 Å². The van der Waals surface area contributed by atoms with Gasteiger partial charge in [-0.1, -0.05) is 13.8 Å². The van der Waals surface area contributed by atoms with E-state index in [-0.39, 0.29) is 24.9 Å². The van der Waals surface area contributed by atoms with Crippen LogP contribution in [-0.4, -0.2) is 36.7 Å². The highest BCUT2D eigenvalue weighted by molar-refractivity contribution is 7.17. The Morgan fingerprint density at radius 1 is 0.765 bits per heavy atom. The summed E-state index contributed by atoms with van der Waals surface area (Å²) in [7, 11) is 0. The molecule has 0 unspecified atom stereocenters. The first-order chi connectivity index (χ1) is 16.2. The smallest absolute Gasteiger partial charge is 0.252 e. The molecule has 1 aliphatic heterocycles. The molecule has 1 fully saturated rings. The fraction of sp³-hybridized carbons (Fsp3) is 0.500. The van der Waals surface area contributed by atoms with Gasteiger partial charge in [0.25, 0.3) is 11.8 Å². The first-order valence-electron chi connectivity index (χ1n) is 11.6. The lowest BCUT2D eigenvalue weighted by molar-refractivity contribution is -0.125. The molecule has 2 aromatic rings. The Morgan fingerprint density at radius 3 is 1.50 bits per heavy atom. The third-order valence-electron chi connectivity index (χ3n) is 7.16. The summed E-state index contributed by atoms with van der Waals surface area (Å²) in [6.45, 7) is 3.92. The van der Waals surface area contributed by atoms with Gasteiger partial charge in [-0.15, -0.1) is 22.7 Å². The van der Waals surface area contributed by atoms with Crippen LogP contribution in [0, 0.1) is 11.8 Å². The molecule has 0 bridgehead atoms. The Bertz CT molecular complexity index is 1140. The number of piperazine rings is 1. The fourth-order valence-corrected chi connectivity index (χ4v) is 8.41. The lowest BCUT2D eigenvalue weighted by Gasteiger charge is -2.33. The Kier molecular flexibility index (Phi) is 5.76. The number of anilines is 2. The van der Waals surface area contributed by atoms with E-state index < -0.39 is 11.8 Å². The maximum absolute atomic E-state index is 13.3. The molecule has 4 amide bonds. The van der Waals surface area contributed by atoms with E-state index in [1.165, 1.54) is 32.5 Å². The van der Waals surface area contributed by atoms with Crippen molar-refractivity contribution in [1.82, 2.24) is 0 Å². The van der Waals surface area contributed by atoms with Gasteiger partial charge in [0.1, 0.15) is 23.1 Å². The van der Waals surface area contributed by atoms with Crippen molar-refractivity contribution in [2.24, 2.45) is 23.3 Å². The minimum atomic E-state index is -0.569. The van der Waals surface area contributed by atoms with Crippen molar-refractivity contribution in [3.63, 3.8) is 0 Å². The molecule has 4 N–H and O–H groups in total. The number of hydrogen-bond donors (Lipinski definition) is 2. The molecule has 2 aromatic heterocycles. The highest BCUT2D eigenvalue weighted by atomic mass is 32.1. The molecule has 0 saturated carbocycles. The number of amides is 4. The summed E-state index contributed by atoms with van der Waals surface area (Å²) in [6, 6.07) is 0. The van der Waals surface area contributed by atoms with E-state index in [2.05, 4.69) is 13.8 Å². The first-order valence-corrected chi connectivity index (χ1v) is 13.3. The Hall–Kier alpha value is -2.72. The van der Waals surface area contributed by atoms with Gasteiger partial charge in [0.05, 0.1) is 11.1 Å². The minimum absolute atomic E-state index is 0.203. The predicted molar refractivity (Wildman–Crippen MR) is 133 cm³/mol. The third kappa shape index (κ3) is 3.73. The van der Waals surface area contributed by atoms with E-state index in [9.17, 15) is 19.2 Å². The normalized spacial score (nSPS) is 22.5. The highest BCUT2D eigenvalue weighted by Gasteiger charge is 2.39. The first kappa shape index (κ1) is 23.0. The number of primary amides is 2. The van der Waals surface area contributed by atoms with Crippen molar-refractivity contribution in [2.75, 3.05) is 22.9 Å². The number of nitrogens with zero attached hydrogens (tertiary/aromatic N) is 2. The van der Waals surface area contributed by atoms with Crippen molar-refractivity contribution in [3.05, 3.63) is 32.0 Å². The predicted octanol–water partition coefficient (Wildman–Crippen LogP) is 2.64. The number of thiophene rings is 2. The van der Waals surface area contributed by atoms with Gasteiger partial charge in [-0.05, 0) is 61.5 Å². The summed E-state index contributed by atoms with van der Waals surface area (Å²) in [6.07, 6.45) is 5.08. The molecule has 10 heteroatoms. The van der Waals surface area contributed by atoms with Crippen LogP contribution in [0.25, 0.3) is 0 Å². The van der Waals surface area contributed by atoms with E-state index in [4.69, 9.17) is 11.5 Å². The quantitative estimate of drug-likeness (QED) is 0.669. The van der Waals surface area contributed by atoms with Crippen LogP contribution in [0.4, 0.5) is 10.0 Å². The number of carbonyl (C=O) groups is 4. The summed E-state index contributed by atoms with van der Waals surface area (Å²) in [4.78, 5) is 56.3. The zero-order valence-corrected chi connectivity index (χ0v) is 20.9. The van der Waals surface area contributed by atoms with E-state index in [1.54, 1.807) is 0 Å². The van der Waals surface area contributed by atoms with Crippen LogP contribution in [0.3, 0.4) is 0 Å². The molecule has 8 nitrogen and oxygen atoms in total. The second kappa shape index (κ2) is 8.49. The molecule has 1 saturated heterocycles. The molecule has 0 radical (unpaired) electrons. The monoisotopic (exact) mass is 500 g/mol. The van der Waals surface area contributed by atoms with Crippen molar-refractivity contribution in [1.29, 1.82) is 0 Å². The van der Waals surface area contributed by atoms with Gasteiger partial charge in [-0.2, -0.15) is 0 Å². The molecular formula is C24H28N4O4S2. The van der Waals surface area contributed by atoms with Crippen molar-refractivity contribution in [3.8, 4) is 0 Å². The maximum atomic E-state index is 13.3. The van der Waals surface area contributed by atoms with Crippen LogP contribution in [0.15, 0.2) is 0 Å². The van der Waals surface area contributed by atoms with Crippen molar-refractivity contribution in [2.45, 2.75) is 52.4 Å². The lowest BCUT2D eigenvalue weighted by Crippen LogP contribution is -2.54. The summed E-state index contributed by atoms with van der Waals surface area (Å²) in [5.74, 6) is -0.753. The van der Waals surface area contributed by atoms with Gasteiger partial charge in [-0.3, -0.25) is 29.0 Å². The van der Waals surface area contributed by atoms with Crippen LogP contribution in [0.2, 0.25) is 0 Å². The molecule has 5 rings (SSSR count). The molecule has 2 aliphatic carbocycles. The summed E-state index contributed by atoms with van der Waals surface area (Å²) in [5, 5.41) is 0.943. The Labute approximate surface area is 205 Å². The van der Waals surface area contributed by atoms with Gasteiger partial charge >= 0.3 is 0 Å². The zero-order chi connectivity index (χ0) is 24.3. The van der Waals surface area contributed by atoms with Crippen LogP contribution < -0.4 is 21.3 Å². The molecule has 180 valence electrons. The van der Waals surface area contributed by atoms with Gasteiger partial charge in [0.15, 0.2) is 0 Å². The second-order valence-electron chi connectivity index (χ2n) is 9.75. The van der Waals surface area contributed by atoms with E-state index in [0.29, 0.717) is 33.0 Å². The van der Waals surface area contributed by atoms with E-state index in [1.807, 2.05) is 0 Å². The SMILES string of the molecule is C[C@H]1CCc2c(sc(N3CC(=O)N(c4sc5c(c4C(N)=O)CC[C@H](C)C5)CC3=O)c2C(N)=O)C1. The minimum Gasteiger partial charge on any atom is -0.365 e. The van der Waals surface area contributed by atoms with Crippen molar-refractivity contribution >= 4 is 56.3 Å². The van der Waals surface area contributed by atoms with Crippen LogP contribution in [-0.2, 0) is 35.3 Å². The fourth-order valence-electron chi connectivity index (χ4n) is 5.35.